The molecule has 0 spiro atoms. The molecule has 0 fully saturated rings. The van der Waals surface area contributed by atoms with Gasteiger partial charge in [0.2, 0.25) is 0 Å². The van der Waals surface area contributed by atoms with Gasteiger partial charge in [-0.3, -0.25) is 27.1 Å². The Morgan fingerprint density at radius 3 is 0.923 bits per heavy atom. The van der Waals surface area contributed by atoms with Crippen LogP contribution in [-0.4, -0.2) is 63.2 Å². The minimum atomic E-state index is -3.71. The number of hydrogen-bond donors (Lipinski definition) is 0. The maximum absolute atomic E-state index is 12.2. The van der Waals surface area contributed by atoms with Crippen molar-refractivity contribution >= 4 is 62.0 Å². The molecule has 158 valence electrons. The van der Waals surface area contributed by atoms with Gasteiger partial charge in [0.1, 0.15) is 0 Å². The standard InChI is InChI=1S/C12H24Cl4O8P2/c13-3-9-21-25(17,22-10-4-14)19-7-1-2-8-20-26(18,23-11-5-15)24-12-6-16/h1-12H2. The molecule has 0 heterocycles. The van der Waals surface area contributed by atoms with Crippen LogP contribution in [0.2, 0.25) is 0 Å². The van der Waals surface area contributed by atoms with E-state index in [9.17, 15) is 9.13 Å². The van der Waals surface area contributed by atoms with E-state index in [1.54, 1.807) is 0 Å². The van der Waals surface area contributed by atoms with Crippen LogP contribution in [0.4, 0.5) is 0 Å². The van der Waals surface area contributed by atoms with E-state index in [0.29, 0.717) is 12.8 Å². The van der Waals surface area contributed by atoms with Gasteiger partial charge in [0.15, 0.2) is 0 Å². The van der Waals surface area contributed by atoms with Gasteiger partial charge >= 0.3 is 15.6 Å². The summed E-state index contributed by atoms with van der Waals surface area (Å²) in [7, 11) is -7.41. The van der Waals surface area contributed by atoms with Crippen molar-refractivity contribution in [2.24, 2.45) is 0 Å². The van der Waals surface area contributed by atoms with Gasteiger partial charge in [0.25, 0.3) is 0 Å². The van der Waals surface area contributed by atoms with Crippen molar-refractivity contribution in [3.8, 4) is 0 Å². The van der Waals surface area contributed by atoms with Gasteiger partial charge in [-0.2, -0.15) is 0 Å². The van der Waals surface area contributed by atoms with E-state index < -0.39 is 15.6 Å². The Bertz CT molecular complexity index is 370. The fraction of sp³-hybridized carbons (Fsp3) is 1.00. The molecule has 0 rings (SSSR count). The lowest BCUT2D eigenvalue weighted by Crippen LogP contribution is -2.07. The number of rotatable bonds is 19. The third-order valence-electron chi connectivity index (χ3n) is 2.34. The Hall–Kier alpha value is 1.38. The van der Waals surface area contributed by atoms with E-state index in [2.05, 4.69) is 0 Å². The highest BCUT2D eigenvalue weighted by Gasteiger charge is 2.27. The van der Waals surface area contributed by atoms with Crippen LogP contribution in [0.25, 0.3) is 0 Å². The van der Waals surface area contributed by atoms with E-state index in [1.165, 1.54) is 0 Å². The highest BCUT2D eigenvalue weighted by atomic mass is 35.5. The van der Waals surface area contributed by atoms with Gasteiger partial charge in [0.05, 0.1) is 39.6 Å². The minimum absolute atomic E-state index is 0.0171. The zero-order valence-electron chi connectivity index (χ0n) is 14.2. The summed E-state index contributed by atoms with van der Waals surface area (Å²) in [6.45, 7) is 0.208. The van der Waals surface area contributed by atoms with Crippen LogP contribution in [0.3, 0.4) is 0 Å². The molecule has 0 unspecified atom stereocenters. The SMILES string of the molecule is O=P(OCCCl)(OCCCl)OCCCCOP(=O)(OCCCl)OCCCl. The number of phosphoric acid groups is 2. The first kappa shape index (κ1) is 27.4. The molecule has 0 amide bonds. The molecule has 0 atom stereocenters. The predicted octanol–water partition coefficient (Wildman–Crippen LogP) is 5.04. The fourth-order valence-electron chi connectivity index (χ4n) is 1.37. The Morgan fingerprint density at radius 2 is 0.692 bits per heavy atom. The van der Waals surface area contributed by atoms with Crippen LogP contribution in [0, 0.1) is 0 Å². The van der Waals surface area contributed by atoms with E-state index >= 15 is 0 Å². The molecule has 0 aromatic rings. The predicted molar refractivity (Wildman–Crippen MR) is 103 cm³/mol. The van der Waals surface area contributed by atoms with Gasteiger partial charge < -0.3 is 0 Å². The van der Waals surface area contributed by atoms with E-state index in [0.717, 1.165) is 0 Å². The summed E-state index contributed by atoms with van der Waals surface area (Å²) in [5.41, 5.74) is 0. The van der Waals surface area contributed by atoms with Crippen LogP contribution >= 0.6 is 62.0 Å². The highest BCUT2D eigenvalue weighted by molar-refractivity contribution is 7.48. The molecule has 14 heteroatoms. The van der Waals surface area contributed by atoms with Crippen LogP contribution in [0.15, 0.2) is 0 Å². The minimum Gasteiger partial charge on any atom is -0.287 e. The second kappa shape index (κ2) is 17.3. The first-order valence-electron chi connectivity index (χ1n) is 7.76. The van der Waals surface area contributed by atoms with E-state index in [4.69, 9.17) is 73.5 Å². The van der Waals surface area contributed by atoms with Gasteiger partial charge in [-0.1, -0.05) is 0 Å². The smallest absolute Gasteiger partial charge is 0.287 e. The summed E-state index contributed by atoms with van der Waals surface area (Å²) >= 11 is 22.0. The van der Waals surface area contributed by atoms with Crippen molar-refractivity contribution in [1.82, 2.24) is 0 Å². The molecule has 26 heavy (non-hydrogen) atoms. The molecule has 8 nitrogen and oxygen atoms in total. The molecular weight excluding hydrogens is 476 g/mol. The molecule has 0 aliphatic rings. The molecule has 0 N–H and O–H groups in total. The Balaban J connectivity index is 4.16. The average molecular weight is 500 g/mol. The van der Waals surface area contributed by atoms with Gasteiger partial charge in [0, 0.05) is 23.5 Å². The first-order valence-corrected chi connectivity index (χ1v) is 12.8. The van der Waals surface area contributed by atoms with Crippen LogP contribution < -0.4 is 0 Å². The third kappa shape index (κ3) is 14.4. The third-order valence-corrected chi connectivity index (χ3v) is 5.95. The number of halogens is 4. The molecule has 0 aromatic carbocycles. The quantitative estimate of drug-likeness (QED) is 0.139. The zero-order valence-corrected chi connectivity index (χ0v) is 19.0. The Kier molecular flexibility index (Phi) is 18.2. The molecule has 0 saturated heterocycles. The lowest BCUT2D eigenvalue weighted by Gasteiger charge is -2.18. The monoisotopic (exact) mass is 498 g/mol. The number of hydrogen-bond acceptors (Lipinski definition) is 8. The maximum Gasteiger partial charge on any atom is 0.474 e. The van der Waals surface area contributed by atoms with Crippen molar-refractivity contribution in [2.45, 2.75) is 12.8 Å². The van der Waals surface area contributed by atoms with Gasteiger partial charge in [-0.15, -0.1) is 46.4 Å². The van der Waals surface area contributed by atoms with Crippen LogP contribution in [0.1, 0.15) is 12.8 Å². The molecular formula is C12H24Cl4O8P2. The fourth-order valence-corrected chi connectivity index (χ4v) is 4.52. The second-order valence-corrected chi connectivity index (χ2v) is 9.21. The van der Waals surface area contributed by atoms with Crippen molar-refractivity contribution in [3.63, 3.8) is 0 Å². The number of alkyl halides is 4. The molecule has 0 aliphatic carbocycles. The normalized spacial score (nSPS) is 12.6. The average Bonchev–Trinajstić information content (AvgIpc) is 2.64. The molecule has 0 bridgehead atoms. The largest absolute Gasteiger partial charge is 0.474 e. The molecule has 0 aliphatic heterocycles. The summed E-state index contributed by atoms with van der Waals surface area (Å²) in [4.78, 5) is 0. The van der Waals surface area contributed by atoms with Crippen LogP contribution in [0.5, 0.6) is 0 Å². The Labute approximate surface area is 174 Å². The highest BCUT2D eigenvalue weighted by Crippen LogP contribution is 2.50. The van der Waals surface area contributed by atoms with E-state index in [1.807, 2.05) is 0 Å². The van der Waals surface area contributed by atoms with Crippen molar-refractivity contribution in [2.75, 3.05) is 63.2 Å². The first-order chi connectivity index (χ1) is 12.4. The maximum atomic E-state index is 12.2. The van der Waals surface area contributed by atoms with Crippen molar-refractivity contribution in [3.05, 3.63) is 0 Å². The summed E-state index contributed by atoms with van der Waals surface area (Å²) < 4.78 is 54.8. The van der Waals surface area contributed by atoms with Crippen molar-refractivity contribution < 1.29 is 36.3 Å². The summed E-state index contributed by atoms with van der Waals surface area (Å²) in [5.74, 6) is 0.577. The zero-order chi connectivity index (χ0) is 19.7. The number of phosphoric ester groups is 2. The van der Waals surface area contributed by atoms with Gasteiger partial charge in [-0.05, 0) is 12.8 Å². The van der Waals surface area contributed by atoms with Crippen molar-refractivity contribution in [1.29, 1.82) is 0 Å². The molecule has 0 aromatic heterocycles. The number of unbranched alkanes of at least 4 members (excludes halogenated alkanes) is 1. The summed E-state index contributed by atoms with van der Waals surface area (Å²) in [5, 5.41) is 0. The summed E-state index contributed by atoms with van der Waals surface area (Å²) in [6, 6.07) is 0. The van der Waals surface area contributed by atoms with Gasteiger partial charge in [-0.25, -0.2) is 9.13 Å². The van der Waals surface area contributed by atoms with E-state index in [-0.39, 0.29) is 63.2 Å². The summed E-state index contributed by atoms with van der Waals surface area (Å²) in [6.07, 6.45) is 0.868. The lowest BCUT2D eigenvalue weighted by molar-refractivity contribution is 0.108. The molecule has 0 saturated carbocycles. The lowest BCUT2D eigenvalue weighted by atomic mass is 10.3. The molecule has 0 radical (unpaired) electrons. The van der Waals surface area contributed by atoms with Crippen LogP contribution in [-0.2, 0) is 36.3 Å². The second-order valence-electron chi connectivity index (χ2n) is 4.36. The topological polar surface area (TPSA) is 89.5 Å². The Morgan fingerprint density at radius 1 is 0.462 bits per heavy atom.